The molecule has 8 rings (SSSR count). The number of nitrogens with zero attached hydrogens (tertiary/aromatic N) is 5. The van der Waals surface area contributed by atoms with Gasteiger partial charge in [0.05, 0.1) is 42.5 Å². The average Bonchev–Trinajstić information content (AvgIpc) is 3.41. The molecule has 1 aromatic carbocycles. The van der Waals surface area contributed by atoms with Gasteiger partial charge in [-0.15, -0.1) is 0 Å². The van der Waals surface area contributed by atoms with Gasteiger partial charge in [0.15, 0.2) is 6.54 Å². The second-order valence-electron chi connectivity index (χ2n) is 14.6. The van der Waals surface area contributed by atoms with Crippen LogP contribution >= 0.6 is 0 Å². The van der Waals surface area contributed by atoms with Gasteiger partial charge in [0, 0.05) is 32.0 Å². The molecule has 0 aromatic heterocycles. The lowest BCUT2D eigenvalue weighted by molar-refractivity contribution is -1.08. The molecule has 0 radical (unpaired) electrons. The highest BCUT2D eigenvalue weighted by Gasteiger charge is 2.60. The number of anilines is 2. The number of fused-ring (bicyclic) bond motifs is 4. The lowest BCUT2D eigenvalue weighted by Crippen LogP contribution is -2.76. The Morgan fingerprint density at radius 3 is 2.45 bits per heavy atom. The van der Waals surface area contributed by atoms with Gasteiger partial charge in [0.1, 0.15) is 45.0 Å². The normalized spacial score (nSPS) is 33.9. The maximum atomic E-state index is 14.1. The van der Waals surface area contributed by atoms with E-state index in [0.717, 1.165) is 66.8 Å². The number of β-lactam (4-membered cyclic amide) rings is 1. The molecule has 4 fully saturated rings. The second-order valence-corrected chi connectivity index (χ2v) is 16.3. The molecule has 2 bridgehead atoms. The summed E-state index contributed by atoms with van der Waals surface area (Å²) in [6.07, 6.45) is 0.701. The molecule has 1 unspecified atom stereocenters. The predicted molar refractivity (Wildman–Crippen MR) is 173 cm³/mol. The van der Waals surface area contributed by atoms with Crippen LogP contribution in [0.15, 0.2) is 29.5 Å². The Kier molecular flexibility index (Phi) is 7.86. The minimum Gasteiger partial charge on any atom is -0.477 e. The lowest BCUT2D eigenvalue weighted by atomic mass is 9.77. The fourth-order valence-corrected chi connectivity index (χ4v) is 11.1. The Labute approximate surface area is 275 Å². The molecule has 14 nitrogen and oxygen atoms in total. The average molecular weight is 674 g/mol. The standard InChI is InChI=1S/C32H45N7O7S/c1-20-24(30(32(43)44)37-28(20)27(21(2)40)31(37)42)18-36-25-5-3-4-23-22(6-10-35(29(23)25)47(36,45)46)7-11-38-12-15-39(16-13-38,17-14-38)19-26(41)34-9-8-33/h3-5,20-22,27-28,40H,6-19,33H2,1-2H3/p+2/t20-,21+,22?,27+,28+,38?,39?/m0/s1. The number of aliphatic carboxylic acids is 1. The monoisotopic (exact) mass is 673 g/mol. The van der Waals surface area contributed by atoms with Gasteiger partial charge >= 0.3 is 16.2 Å². The third-order valence-electron chi connectivity index (χ3n) is 12.1. The van der Waals surface area contributed by atoms with Crippen LogP contribution in [0.2, 0.25) is 0 Å². The van der Waals surface area contributed by atoms with Crippen LogP contribution in [0.5, 0.6) is 0 Å². The summed E-state index contributed by atoms with van der Waals surface area (Å²) in [7, 11) is -3.98. The van der Waals surface area contributed by atoms with Gasteiger partial charge < -0.3 is 35.1 Å². The number of rotatable bonds is 11. The van der Waals surface area contributed by atoms with E-state index in [4.69, 9.17) is 5.73 Å². The minimum atomic E-state index is -3.98. The molecule has 1 aromatic rings. The van der Waals surface area contributed by atoms with Gasteiger partial charge in [-0.1, -0.05) is 19.1 Å². The van der Waals surface area contributed by atoms with E-state index in [1.807, 2.05) is 19.1 Å². The van der Waals surface area contributed by atoms with Gasteiger partial charge in [-0.3, -0.25) is 13.9 Å². The van der Waals surface area contributed by atoms with Gasteiger partial charge in [0.25, 0.3) is 5.91 Å². The van der Waals surface area contributed by atoms with Gasteiger partial charge in [-0.25, -0.2) is 9.10 Å². The summed E-state index contributed by atoms with van der Waals surface area (Å²) in [5.41, 5.74) is 8.00. The van der Waals surface area contributed by atoms with Crippen LogP contribution in [0.3, 0.4) is 0 Å². The summed E-state index contributed by atoms with van der Waals surface area (Å²) in [6.45, 7) is 12.0. The zero-order valence-corrected chi connectivity index (χ0v) is 28.0. The van der Waals surface area contributed by atoms with Crippen LogP contribution in [0.25, 0.3) is 0 Å². The molecule has 7 aliphatic heterocycles. The number of quaternary nitrogens is 2. The van der Waals surface area contributed by atoms with E-state index in [2.05, 4.69) is 5.32 Å². The number of carboxylic acids is 1. The third kappa shape index (κ3) is 4.95. The fraction of sp³-hybridized carbons (Fsp3) is 0.656. The van der Waals surface area contributed by atoms with Crippen molar-refractivity contribution in [1.82, 2.24) is 10.2 Å². The largest absolute Gasteiger partial charge is 0.477 e. The second kappa shape index (κ2) is 11.4. The number of hydrogen-bond acceptors (Lipinski definition) is 7. The highest BCUT2D eigenvalue weighted by molar-refractivity contribution is 7.94. The molecule has 4 saturated heterocycles. The lowest BCUT2D eigenvalue weighted by Gasteiger charge is -2.55. The van der Waals surface area contributed by atoms with Crippen LogP contribution in [-0.4, -0.2) is 141 Å². The number of aliphatic hydroxyl groups is 1. The van der Waals surface area contributed by atoms with Crippen LogP contribution in [0.1, 0.15) is 38.2 Å². The number of aliphatic hydroxyl groups excluding tert-OH is 1. The SMILES string of the molecule is C[C@@H](O)[C@H]1C(=O)N2C(C(=O)O)=C(CN3c4cccc5c4N(CCC5CC[N+]45CC[N+](CC(=O)NCCN)(CC4)CC5)S3(=O)=O)[C@H](C)[C@H]12. The Balaban J connectivity index is 1.09. The molecule has 0 spiro atoms. The molecule has 5 atom stereocenters. The first-order chi connectivity index (χ1) is 22.3. The molecular weight excluding hydrogens is 626 g/mol. The fourth-order valence-electron chi connectivity index (χ4n) is 9.36. The Bertz CT molecular complexity index is 1620. The third-order valence-corrected chi connectivity index (χ3v) is 13.9. The topological polar surface area (TPSA) is 174 Å². The Morgan fingerprint density at radius 1 is 1.13 bits per heavy atom. The number of piperazine rings is 3. The van der Waals surface area contributed by atoms with E-state index < -0.39 is 46.1 Å². The van der Waals surface area contributed by atoms with E-state index in [9.17, 15) is 33.0 Å². The number of nitrogens with one attached hydrogen (secondary N) is 1. The summed E-state index contributed by atoms with van der Waals surface area (Å²) in [5.74, 6) is -2.58. The zero-order valence-electron chi connectivity index (χ0n) is 27.2. The highest BCUT2D eigenvalue weighted by atomic mass is 32.2. The van der Waals surface area contributed by atoms with Crippen molar-refractivity contribution in [2.24, 2.45) is 17.6 Å². The van der Waals surface area contributed by atoms with Crippen molar-refractivity contribution in [2.45, 2.75) is 44.8 Å². The number of hydrogen-bond donors (Lipinski definition) is 4. The van der Waals surface area contributed by atoms with Crippen molar-refractivity contribution in [3.8, 4) is 0 Å². The molecule has 0 saturated carbocycles. The van der Waals surface area contributed by atoms with Crippen molar-refractivity contribution < 1.29 is 42.0 Å². The number of amides is 2. The van der Waals surface area contributed by atoms with Crippen molar-refractivity contribution in [1.29, 1.82) is 0 Å². The van der Waals surface area contributed by atoms with Gasteiger partial charge in [-0.05, 0) is 36.5 Å². The summed E-state index contributed by atoms with van der Waals surface area (Å²) in [4.78, 5) is 39.0. The number of para-hydroxylation sites is 1. The maximum Gasteiger partial charge on any atom is 0.352 e. The van der Waals surface area contributed by atoms with E-state index in [1.165, 1.54) is 20.4 Å². The summed E-state index contributed by atoms with van der Waals surface area (Å²) in [5, 5.41) is 23.3. The quantitative estimate of drug-likeness (QED) is 0.178. The van der Waals surface area contributed by atoms with Crippen LogP contribution in [-0.2, 0) is 24.6 Å². The van der Waals surface area contributed by atoms with Crippen molar-refractivity contribution in [2.75, 3.05) is 87.1 Å². The Morgan fingerprint density at radius 2 is 1.81 bits per heavy atom. The summed E-state index contributed by atoms with van der Waals surface area (Å²) < 4.78 is 32.8. The van der Waals surface area contributed by atoms with Crippen LogP contribution in [0, 0.1) is 11.8 Å². The smallest absolute Gasteiger partial charge is 0.352 e. The first kappa shape index (κ1) is 32.3. The van der Waals surface area contributed by atoms with Crippen molar-refractivity contribution >= 4 is 39.4 Å². The maximum absolute atomic E-state index is 14.1. The van der Waals surface area contributed by atoms with Crippen molar-refractivity contribution in [3.63, 3.8) is 0 Å². The van der Waals surface area contributed by atoms with Gasteiger partial charge in [0.2, 0.25) is 5.91 Å². The summed E-state index contributed by atoms with van der Waals surface area (Å²) in [6, 6.07) is 5.20. The zero-order chi connectivity index (χ0) is 33.5. The molecule has 15 heteroatoms. The van der Waals surface area contributed by atoms with E-state index in [1.54, 1.807) is 6.07 Å². The van der Waals surface area contributed by atoms with Crippen LogP contribution < -0.4 is 19.7 Å². The van der Waals surface area contributed by atoms with Gasteiger partial charge in [-0.2, -0.15) is 8.42 Å². The van der Waals surface area contributed by atoms with E-state index >= 15 is 0 Å². The molecule has 2 amide bonds. The molecule has 7 aliphatic rings. The predicted octanol–water partition coefficient (Wildman–Crippen LogP) is -0.633. The van der Waals surface area contributed by atoms with E-state index in [0.29, 0.717) is 49.5 Å². The molecule has 47 heavy (non-hydrogen) atoms. The number of carbonyl (C=O) groups is 3. The first-order valence-corrected chi connectivity index (χ1v) is 18.3. The molecule has 256 valence electrons. The molecule has 5 N–H and O–H groups in total. The Hall–Kier alpha value is -3.24. The number of carbonyl (C=O) groups excluding carboxylic acids is 2. The minimum absolute atomic E-state index is 0.0752. The molecular formula is C32H47N7O7S+2. The first-order valence-electron chi connectivity index (χ1n) is 16.9. The number of nitrogens with two attached hydrogens (primary N) is 1. The van der Waals surface area contributed by atoms with Crippen molar-refractivity contribution in [3.05, 3.63) is 35.0 Å². The summed E-state index contributed by atoms with van der Waals surface area (Å²) >= 11 is 0. The molecule has 7 heterocycles. The van der Waals surface area contributed by atoms with Crippen LogP contribution in [0.4, 0.5) is 11.4 Å². The molecule has 0 aliphatic carbocycles. The van der Waals surface area contributed by atoms with E-state index in [-0.39, 0.29) is 24.1 Å². The highest BCUT2D eigenvalue weighted by Crippen LogP contribution is 2.52. The number of carboxylic acid groups (broad SMARTS) is 1. The number of benzene rings is 1.